The van der Waals surface area contributed by atoms with Crippen LogP contribution in [0.25, 0.3) is 0 Å². The van der Waals surface area contributed by atoms with E-state index in [1.807, 2.05) is 24.3 Å². The zero-order chi connectivity index (χ0) is 14.4. The molecule has 0 radical (unpaired) electrons. The number of carbonyl (C=O) groups is 1. The largest absolute Gasteiger partial charge is 0.462 e. The fourth-order valence-electron chi connectivity index (χ4n) is 1.60. The minimum atomic E-state index is -0.319. The van der Waals surface area contributed by atoms with Crippen molar-refractivity contribution in [2.45, 2.75) is 6.92 Å². The molecule has 0 bridgehead atoms. The van der Waals surface area contributed by atoms with Gasteiger partial charge < -0.3 is 4.74 Å². The van der Waals surface area contributed by atoms with E-state index in [1.54, 1.807) is 37.4 Å². The van der Waals surface area contributed by atoms with Crippen LogP contribution in [0.2, 0.25) is 5.02 Å². The number of benzene rings is 2. The second-order valence-electron chi connectivity index (χ2n) is 4.08. The molecular formula is C16H14ClNO2. The monoisotopic (exact) mass is 287 g/mol. The number of carbonyl (C=O) groups excluding carboxylic acids is 1. The van der Waals surface area contributed by atoms with Crippen LogP contribution in [0, 0.1) is 0 Å². The van der Waals surface area contributed by atoms with Crippen molar-refractivity contribution in [3.63, 3.8) is 0 Å². The maximum absolute atomic E-state index is 11.5. The summed E-state index contributed by atoms with van der Waals surface area (Å²) in [6, 6.07) is 14.4. The Bertz CT molecular complexity index is 603. The van der Waals surface area contributed by atoms with Gasteiger partial charge in [0.25, 0.3) is 0 Å². The molecule has 0 aromatic heterocycles. The molecule has 3 nitrogen and oxygen atoms in total. The average Bonchev–Trinajstić information content (AvgIpc) is 2.47. The van der Waals surface area contributed by atoms with E-state index in [-0.39, 0.29) is 5.97 Å². The van der Waals surface area contributed by atoms with Crippen molar-refractivity contribution in [1.82, 2.24) is 0 Å². The minimum absolute atomic E-state index is 0.319. The van der Waals surface area contributed by atoms with E-state index in [0.29, 0.717) is 17.2 Å². The third kappa shape index (κ3) is 3.93. The lowest BCUT2D eigenvalue weighted by Gasteiger charge is -2.01. The molecule has 0 N–H and O–H groups in total. The Morgan fingerprint density at radius 3 is 2.40 bits per heavy atom. The van der Waals surface area contributed by atoms with Gasteiger partial charge in [-0.05, 0) is 48.9 Å². The maximum Gasteiger partial charge on any atom is 0.338 e. The van der Waals surface area contributed by atoms with Crippen LogP contribution in [0.3, 0.4) is 0 Å². The van der Waals surface area contributed by atoms with E-state index in [4.69, 9.17) is 16.3 Å². The van der Waals surface area contributed by atoms with E-state index < -0.39 is 0 Å². The molecule has 0 atom stereocenters. The first-order valence-electron chi connectivity index (χ1n) is 6.26. The Kier molecular flexibility index (Phi) is 4.91. The first kappa shape index (κ1) is 14.3. The number of rotatable bonds is 4. The number of halogens is 1. The van der Waals surface area contributed by atoms with Gasteiger partial charge in [-0.3, -0.25) is 4.99 Å². The Labute approximate surface area is 122 Å². The van der Waals surface area contributed by atoms with Gasteiger partial charge in [0.2, 0.25) is 0 Å². The van der Waals surface area contributed by atoms with Gasteiger partial charge in [0.1, 0.15) is 0 Å². The summed E-state index contributed by atoms with van der Waals surface area (Å²) in [5.41, 5.74) is 2.26. The molecule has 0 aliphatic rings. The molecule has 0 aliphatic heterocycles. The van der Waals surface area contributed by atoms with Crippen molar-refractivity contribution >= 4 is 29.5 Å². The highest BCUT2D eigenvalue weighted by Gasteiger charge is 2.04. The van der Waals surface area contributed by atoms with E-state index in [1.165, 1.54) is 0 Å². The SMILES string of the molecule is CCOC(=O)c1ccc(N=Cc2ccc(Cl)cc2)cc1. The summed E-state index contributed by atoms with van der Waals surface area (Å²) in [7, 11) is 0. The minimum Gasteiger partial charge on any atom is -0.462 e. The summed E-state index contributed by atoms with van der Waals surface area (Å²) in [5, 5.41) is 0.695. The van der Waals surface area contributed by atoms with Crippen LogP contribution in [-0.2, 0) is 4.74 Å². The first-order chi connectivity index (χ1) is 9.69. The summed E-state index contributed by atoms with van der Waals surface area (Å²) in [6.07, 6.45) is 1.75. The lowest BCUT2D eigenvalue weighted by Crippen LogP contribution is -2.03. The van der Waals surface area contributed by atoms with E-state index in [2.05, 4.69) is 4.99 Å². The number of nitrogens with zero attached hydrogens (tertiary/aromatic N) is 1. The van der Waals surface area contributed by atoms with E-state index in [9.17, 15) is 4.79 Å². The number of aliphatic imine (C=N–C) groups is 1. The molecule has 2 rings (SSSR count). The third-order valence-electron chi connectivity index (χ3n) is 2.61. The van der Waals surface area contributed by atoms with Crippen molar-refractivity contribution < 1.29 is 9.53 Å². The van der Waals surface area contributed by atoms with Crippen molar-refractivity contribution in [3.05, 3.63) is 64.7 Å². The quantitative estimate of drug-likeness (QED) is 0.622. The van der Waals surface area contributed by atoms with Crippen molar-refractivity contribution in [2.24, 2.45) is 4.99 Å². The van der Waals surface area contributed by atoms with Gasteiger partial charge in [0.05, 0.1) is 17.9 Å². The molecule has 0 unspecified atom stereocenters. The second kappa shape index (κ2) is 6.87. The Hall–Kier alpha value is -2.13. The summed E-state index contributed by atoms with van der Waals surface area (Å²) < 4.78 is 4.92. The van der Waals surface area contributed by atoms with Gasteiger partial charge >= 0.3 is 5.97 Å². The molecule has 20 heavy (non-hydrogen) atoms. The highest BCUT2D eigenvalue weighted by Crippen LogP contribution is 2.14. The third-order valence-corrected chi connectivity index (χ3v) is 2.86. The van der Waals surface area contributed by atoms with Gasteiger partial charge in [-0.2, -0.15) is 0 Å². The van der Waals surface area contributed by atoms with E-state index >= 15 is 0 Å². The van der Waals surface area contributed by atoms with Crippen LogP contribution in [0.1, 0.15) is 22.8 Å². The first-order valence-corrected chi connectivity index (χ1v) is 6.63. The molecule has 0 aliphatic carbocycles. The molecule has 0 amide bonds. The predicted molar refractivity (Wildman–Crippen MR) is 81.1 cm³/mol. The average molecular weight is 288 g/mol. The predicted octanol–water partition coefficient (Wildman–Crippen LogP) is 4.27. The second-order valence-corrected chi connectivity index (χ2v) is 4.51. The van der Waals surface area contributed by atoms with Gasteiger partial charge in [-0.25, -0.2) is 4.79 Å². The van der Waals surface area contributed by atoms with Crippen molar-refractivity contribution in [3.8, 4) is 0 Å². The van der Waals surface area contributed by atoms with Gasteiger partial charge in [0, 0.05) is 11.2 Å². The Morgan fingerprint density at radius 1 is 1.15 bits per heavy atom. The number of hydrogen-bond acceptors (Lipinski definition) is 3. The van der Waals surface area contributed by atoms with Crippen LogP contribution in [0.15, 0.2) is 53.5 Å². The molecule has 0 spiro atoms. The molecule has 0 saturated carbocycles. The van der Waals surface area contributed by atoms with Gasteiger partial charge in [-0.15, -0.1) is 0 Å². The Balaban J connectivity index is 2.07. The fourth-order valence-corrected chi connectivity index (χ4v) is 1.72. The summed E-state index contributed by atoms with van der Waals surface area (Å²) in [6.45, 7) is 2.15. The van der Waals surface area contributed by atoms with E-state index in [0.717, 1.165) is 11.3 Å². The zero-order valence-electron chi connectivity index (χ0n) is 11.0. The van der Waals surface area contributed by atoms with Crippen LogP contribution < -0.4 is 0 Å². The molecule has 4 heteroatoms. The van der Waals surface area contributed by atoms with Crippen molar-refractivity contribution in [2.75, 3.05) is 6.61 Å². The summed E-state index contributed by atoms with van der Waals surface area (Å²) >= 11 is 5.81. The number of hydrogen-bond donors (Lipinski definition) is 0. The molecule has 102 valence electrons. The standard InChI is InChI=1S/C16H14ClNO2/c1-2-20-16(19)13-5-9-15(10-6-13)18-11-12-3-7-14(17)8-4-12/h3-11H,2H2,1H3. The van der Waals surface area contributed by atoms with Crippen LogP contribution in [0.4, 0.5) is 5.69 Å². The zero-order valence-corrected chi connectivity index (χ0v) is 11.8. The lowest BCUT2D eigenvalue weighted by atomic mass is 10.2. The topological polar surface area (TPSA) is 38.7 Å². The summed E-state index contributed by atoms with van der Waals surface area (Å²) in [5.74, 6) is -0.319. The van der Waals surface area contributed by atoms with Crippen LogP contribution in [0.5, 0.6) is 0 Å². The van der Waals surface area contributed by atoms with Crippen LogP contribution in [-0.4, -0.2) is 18.8 Å². The lowest BCUT2D eigenvalue weighted by molar-refractivity contribution is 0.0526. The Morgan fingerprint density at radius 2 is 1.80 bits per heavy atom. The molecule has 0 fully saturated rings. The molecule has 0 heterocycles. The molecule has 2 aromatic rings. The fraction of sp³-hybridized carbons (Fsp3) is 0.125. The number of ether oxygens (including phenoxy) is 1. The van der Waals surface area contributed by atoms with Crippen molar-refractivity contribution in [1.29, 1.82) is 0 Å². The number of esters is 1. The highest BCUT2D eigenvalue weighted by molar-refractivity contribution is 6.30. The highest BCUT2D eigenvalue weighted by atomic mass is 35.5. The normalized spacial score (nSPS) is 10.7. The van der Waals surface area contributed by atoms with Gasteiger partial charge in [-0.1, -0.05) is 23.7 Å². The molecule has 0 saturated heterocycles. The van der Waals surface area contributed by atoms with Crippen LogP contribution >= 0.6 is 11.6 Å². The smallest absolute Gasteiger partial charge is 0.338 e. The van der Waals surface area contributed by atoms with Gasteiger partial charge in [0.15, 0.2) is 0 Å². The molecular weight excluding hydrogens is 274 g/mol. The maximum atomic E-state index is 11.5. The molecule has 2 aromatic carbocycles. The summed E-state index contributed by atoms with van der Waals surface area (Å²) in [4.78, 5) is 15.8.